The summed E-state index contributed by atoms with van der Waals surface area (Å²) < 4.78 is 5.34. The molecule has 3 N–H and O–H groups in total. The Bertz CT molecular complexity index is 645. The highest BCUT2D eigenvalue weighted by atomic mass is 16.5. The highest BCUT2D eigenvalue weighted by molar-refractivity contribution is 5.86. The van der Waals surface area contributed by atoms with E-state index in [4.69, 9.17) is 4.74 Å². The van der Waals surface area contributed by atoms with E-state index in [1.165, 1.54) is 0 Å². The third-order valence-electron chi connectivity index (χ3n) is 5.18. The van der Waals surface area contributed by atoms with Crippen LogP contribution in [0.25, 0.3) is 0 Å². The van der Waals surface area contributed by atoms with Gasteiger partial charge in [-0.05, 0) is 43.4 Å². The minimum Gasteiger partial charge on any atom is -0.508 e. The molecule has 142 valence electrons. The van der Waals surface area contributed by atoms with Crippen molar-refractivity contribution in [3.63, 3.8) is 0 Å². The fourth-order valence-corrected chi connectivity index (χ4v) is 3.84. The average molecular weight is 361 g/mol. The average Bonchev–Trinajstić information content (AvgIpc) is 3.12. The van der Waals surface area contributed by atoms with Gasteiger partial charge in [0, 0.05) is 32.8 Å². The van der Waals surface area contributed by atoms with Crippen LogP contribution in [0.5, 0.6) is 5.75 Å². The van der Waals surface area contributed by atoms with Gasteiger partial charge in [-0.1, -0.05) is 12.1 Å². The van der Waals surface area contributed by atoms with Gasteiger partial charge in [-0.25, -0.2) is 0 Å². The summed E-state index contributed by atoms with van der Waals surface area (Å²) in [5.74, 6) is -0.0939. The summed E-state index contributed by atoms with van der Waals surface area (Å²) in [6.45, 7) is 2.01. The van der Waals surface area contributed by atoms with Gasteiger partial charge in [0.05, 0.1) is 6.04 Å². The van der Waals surface area contributed by atoms with Crippen LogP contribution in [0.2, 0.25) is 0 Å². The molecule has 26 heavy (non-hydrogen) atoms. The summed E-state index contributed by atoms with van der Waals surface area (Å²) >= 11 is 0. The molecule has 2 atom stereocenters. The maximum Gasteiger partial charge on any atom is 0.241 e. The van der Waals surface area contributed by atoms with Gasteiger partial charge in [-0.3, -0.25) is 14.5 Å². The number of phenolic OH excluding ortho intramolecular Hbond substituents is 1. The summed E-state index contributed by atoms with van der Waals surface area (Å²) in [5.41, 5.74) is 0.690. The molecule has 0 unspecified atom stereocenters. The molecule has 2 fully saturated rings. The Morgan fingerprint density at radius 3 is 2.73 bits per heavy atom. The van der Waals surface area contributed by atoms with Crippen molar-refractivity contribution in [1.82, 2.24) is 15.5 Å². The first-order valence-corrected chi connectivity index (χ1v) is 9.24. The van der Waals surface area contributed by atoms with Crippen molar-refractivity contribution in [2.24, 2.45) is 0 Å². The summed E-state index contributed by atoms with van der Waals surface area (Å²) in [5, 5.41) is 15.6. The number of benzene rings is 1. The lowest BCUT2D eigenvalue weighted by Gasteiger charge is -2.33. The molecular weight excluding hydrogens is 334 g/mol. The van der Waals surface area contributed by atoms with E-state index >= 15 is 0 Å². The normalized spacial score (nSPS) is 22.7. The van der Waals surface area contributed by atoms with Crippen LogP contribution in [0, 0.1) is 0 Å². The predicted octanol–water partition coefficient (Wildman–Crippen LogP) is 0.939. The maximum atomic E-state index is 12.9. The summed E-state index contributed by atoms with van der Waals surface area (Å²) in [7, 11) is 1.59. The van der Waals surface area contributed by atoms with Crippen LogP contribution in [0.1, 0.15) is 37.3 Å². The number of hydrogen-bond donors (Lipinski definition) is 3. The Hall–Kier alpha value is -2.12. The topological polar surface area (TPSA) is 90.9 Å². The maximum absolute atomic E-state index is 12.9. The van der Waals surface area contributed by atoms with Crippen molar-refractivity contribution in [3.05, 3.63) is 29.8 Å². The van der Waals surface area contributed by atoms with Gasteiger partial charge >= 0.3 is 0 Å². The molecule has 1 aromatic carbocycles. The lowest BCUT2D eigenvalue weighted by atomic mass is 10.0. The Morgan fingerprint density at radius 1 is 1.27 bits per heavy atom. The first-order valence-electron chi connectivity index (χ1n) is 9.24. The number of hydrogen-bond acceptors (Lipinski definition) is 5. The number of aromatic hydroxyl groups is 1. The molecule has 0 aromatic heterocycles. The van der Waals surface area contributed by atoms with Crippen molar-refractivity contribution < 1.29 is 19.4 Å². The number of nitrogens with one attached hydrogen (secondary N) is 2. The zero-order valence-corrected chi connectivity index (χ0v) is 15.1. The fourth-order valence-electron chi connectivity index (χ4n) is 3.84. The lowest BCUT2D eigenvalue weighted by molar-refractivity contribution is -0.131. The van der Waals surface area contributed by atoms with Crippen LogP contribution >= 0.6 is 0 Å². The quantitative estimate of drug-likeness (QED) is 0.726. The molecule has 0 bridgehead atoms. The minimum absolute atomic E-state index is 0.0246. The molecule has 0 saturated carbocycles. The molecule has 7 nitrogen and oxygen atoms in total. The molecule has 1 aromatic rings. The Morgan fingerprint density at radius 2 is 2.04 bits per heavy atom. The van der Waals surface area contributed by atoms with Crippen LogP contribution in [0.3, 0.4) is 0 Å². The summed E-state index contributed by atoms with van der Waals surface area (Å²) in [6, 6.07) is 5.88. The van der Waals surface area contributed by atoms with E-state index in [2.05, 4.69) is 10.6 Å². The number of nitrogens with zero attached hydrogens (tertiary/aromatic N) is 1. The molecule has 2 saturated heterocycles. The Labute approximate surface area is 153 Å². The summed E-state index contributed by atoms with van der Waals surface area (Å²) in [4.78, 5) is 27.4. The Balaban J connectivity index is 1.78. The van der Waals surface area contributed by atoms with Gasteiger partial charge in [-0.15, -0.1) is 0 Å². The molecule has 0 spiro atoms. The number of amides is 2. The van der Waals surface area contributed by atoms with Crippen LogP contribution in [-0.4, -0.2) is 60.7 Å². The highest BCUT2D eigenvalue weighted by Crippen LogP contribution is 2.31. The van der Waals surface area contributed by atoms with Crippen LogP contribution in [-0.2, 0) is 14.3 Å². The monoisotopic (exact) mass is 361 g/mol. The third-order valence-corrected chi connectivity index (χ3v) is 5.18. The zero-order valence-electron chi connectivity index (χ0n) is 15.1. The predicted molar refractivity (Wildman–Crippen MR) is 96.6 cm³/mol. The van der Waals surface area contributed by atoms with E-state index in [-0.39, 0.29) is 29.6 Å². The standard InChI is InChI=1S/C19H27N3O4/c1-20-19(25)17(13-4-2-5-15(23)12-13)22-9-3-6-16(22)18(24)21-14-7-10-26-11-8-14/h2,4-5,12,14,16-17,23H,3,6-11H2,1H3,(H,20,25)(H,21,24)/t16-,17+/m0/s1. The molecule has 2 aliphatic heterocycles. The number of carbonyl (C=O) groups is 2. The number of phenols is 1. The van der Waals surface area contributed by atoms with E-state index in [0.29, 0.717) is 25.3 Å². The van der Waals surface area contributed by atoms with Crippen molar-refractivity contribution in [3.8, 4) is 5.75 Å². The van der Waals surface area contributed by atoms with Gasteiger partial charge in [0.1, 0.15) is 11.8 Å². The van der Waals surface area contributed by atoms with Crippen molar-refractivity contribution in [2.45, 2.75) is 43.8 Å². The largest absolute Gasteiger partial charge is 0.508 e. The summed E-state index contributed by atoms with van der Waals surface area (Å²) in [6.07, 6.45) is 3.23. The third kappa shape index (κ3) is 4.16. The minimum atomic E-state index is -0.597. The number of ether oxygens (including phenoxy) is 1. The van der Waals surface area contributed by atoms with Crippen LogP contribution in [0.4, 0.5) is 0 Å². The van der Waals surface area contributed by atoms with Crippen LogP contribution < -0.4 is 10.6 Å². The smallest absolute Gasteiger partial charge is 0.241 e. The fraction of sp³-hybridized carbons (Fsp3) is 0.579. The van der Waals surface area contributed by atoms with E-state index < -0.39 is 6.04 Å². The first-order chi connectivity index (χ1) is 12.6. The molecular formula is C19H27N3O4. The van der Waals surface area contributed by atoms with E-state index in [0.717, 1.165) is 25.7 Å². The second-order valence-electron chi connectivity index (χ2n) is 6.90. The van der Waals surface area contributed by atoms with Gasteiger partial charge in [-0.2, -0.15) is 0 Å². The van der Waals surface area contributed by atoms with E-state index in [9.17, 15) is 14.7 Å². The lowest BCUT2D eigenvalue weighted by Crippen LogP contribution is -2.51. The highest BCUT2D eigenvalue weighted by Gasteiger charge is 2.39. The second-order valence-corrected chi connectivity index (χ2v) is 6.90. The Kier molecular flexibility index (Phi) is 6.11. The number of carbonyl (C=O) groups excluding carboxylic acids is 2. The molecule has 0 aliphatic carbocycles. The van der Waals surface area contributed by atoms with E-state index in [1.54, 1.807) is 25.2 Å². The first kappa shape index (κ1) is 18.7. The zero-order chi connectivity index (χ0) is 18.5. The van der Waals surface area contributed by atoms with Crippen molar-refractivity contribution in [1.29, 1.82) is 0 Å². The van der Waals surface area contributed by atoms with E-state index in [1.807, 2.05) is 11.0 Å². The number of rotatable bonds is 5. The molecule has 2 amide bonds. The van der Waals surface area contributed by atoms with Gasteiger partial charge in [0.2, 0.25) is 11.8 Å². The van der Waals surface area contributed by atoms with Gasteiger partial charge < -0.3 is 20.5 Å². The van der Waals surface area contributed by atoms with Crippen LogP contribution in [0.15, 0.2) is 24.3 Å². The number of likely N-dealkylation sites (tertiary alicyclic amines) is 1. The van der Waals surface area contributed by atoms with Crippen molar-refractivity contribution in [2.75, 3.05) is 26.8 Å². The van der Waals surface area contributed by atoms with Gasteiger partial charge in [0.15, 0.2) is 0 Å². The molecule has 0 radical (unpaired) electrons. The number of likely N-dealkylation sites (N-methyl/N-ethyl adjacent to an activating group) is 1. The SMILES string of the molecule is CNC(=O)[C@@H](c1cccc(O)c1)N1CCC[C@H]1C(=O)NC1CCOCC1. The molecule has 2 heterocycles. The second kappa shape index (κ2) is 8.51. The molecule has 2 aliphatic rings. The van der Waals surface area contributed by atoms with Crippen molar-refractivity contribution >= 4 is 11.8 Å². The molecule has 3 rings (SSSR count). The van der Waals surface area contributed by atoms with Gasteiger partial charge in [0.25, 0.3) is 0 Å². The molecule has 7 heteroatoms.